The number of rotatable bonds is 3. The monoisotopic (exact) mass is 284 g/mol. The average molecular weight is 284 g/mol. The van der Waals surface area contributed by atoms with Crippen LogP contribution in [0.3, 0.4) is 0 Å². The standard InChI is InChI=1S/C15H16N4S/c1-9-6-16-5-4-12(9)7-17-14-13-10(2)11(3)20-15(13)19-8-18-14/h4-6,8H,7H2,1-3H3,(H,17,18,19). The zero-order chi connectivity index (χ0) is 14.1. The maximum Gasteiger partial charge on any atom is 0.138 e. The first-order valence-electron chi connectivity index (χ1n) is 6.51. The third-order valence-electron chi connectivity index (χ3n) is 3.55. The first-order chi connectivity index (χ1) is 9.66. The predicted molar refractivity (Wildman–Crippen MR) is 83.2 cm³/mol. The highest BCUT2D eigenvalue weighted by Gasteiger charge is 2.11. The zero-order valence-electron chi connectivity index (χ0n) is 11.8. The van der Waals surface area contributed by atoms with Gasteiger partial charge in [0, 0.05) is 23.8 Å². The molecule has 3 aromatic heterocycles. The summed E-state index contributed by atoms with van der Waals surface area (Å²) in [5, 5.41) is 4.57. The van der Waals surface area contributed by atoms with Crippen LogP contribution in [-0.2, 0) is 6.54 Å². The van der Waals surface area contributed by atoms with Gasteiger partial charge in [-0.3, -0.25) is 4.98 Å². The minimum absolute atomic E-state index is 0.745. The van der Waals surface area contributed by atoms with Crippen LogP contribution in [0.5, 0.6) is 0 Å². The number of hydrogen-bond donors (Lipinski definition) is 1. The van der Waals surface area contributed by atoms with E-state index in [9.17, 15) is 0 Å². The molecule has 0 radical (unpaired) electrons. The Kier molecular flexibility index (Phi) is 3.36. The van der Waals surface area contributed by atoms with Crippen LogP contribution in [-0.4, -0.2) is 15.0 Å². The highest BCUT2D eigenvalue weighted by atomic mass is 32.1. The first kappa shape index (κ1) is 13.0. The maximum atomic E-state index is 4.39. The normalized spacial score (nSPS) is 10.9. The van der Waals surface area contributed by atoms with E-state index in [-0.39, 0.29) is 0 Å². The molecule has 0 fully saturated rings. The van der Waals surface area contributed by atoms with Crippen molar-refractivity contribution in [3.63, 3.8) is 0 Å². The summed E-state index contributed by atoms with van der Waals surface area (Å²) in [6.45, 7) is 7.06. The van der Waals surface area contributed by atoms with Crippen LogP contribution in [0.1, 0.15) is 21.6 Å². The van der Waals surface area contributed by atoms with Gasteiger partial charge in [-0.1, -0.05) is 0 Å². The number of hydrogen-bond acceptors (Lipinski definition) is 5. The average Bonchev–Trinajstić information content (AvgIpc) is 2.74. The lowest BCUT2D eigenvalue weighted by atomic mass is 10.1. The van der Waals surface area contributed by atoms with Gasteiger partial charge in [-0.2, -0.15) is 0 Å². The molecular formula is C15H16N4S. The summed E-state index contributed by atoms with van der Waals surface area (Å²) in [7, 11) is 0. The predicted octanol–water partition coefficient (Wildman–Crippen LogP) is 3.62. The number of fused-ring (bicyclic) bond motifs is 1. The van der Waals surface area contributed by atoms with E-state index in [4.69, 9.17) is 0 Å². The summed E-state index contributed by atoms with van der Waals surface area (Å²) in [6, 6.07) is 2.03. The molecule has 5 heteroatoms. The molecule has 102 valence electrons. The molecule has 3 aromatic rings. The van der Waals surface area contributed by atoms with Gasteiger partial charge in [0.05, 0.1) is 5.39 Å². The largest absolute Gasteiger partial charge is 0.365 e. The summed E-state index contributed by atoms with van der Waals surface area (Å²) in [5.41, 5.74) is 3.68. The second-order valence-corrected chi connectivity index (χ2v) is 6.04. The van der Waals surface area contributed by atoms with Crippen LogP contribution >= 0.6 is 11.3 Å². The Morgan fingerprint density at radius 2 is 2.05 bits per heavy atom. The molecule has 0 aromatic carbocycles. The Balaban J connectivity index is 1.94. The lowest BCUT2D eigenvalue weighted by Gasteiger charge is -2.09. The minimum Gasteiger partial charge on any atom is -0.365 e. The van der Waals surface area contributed by atoms with Crippen molar-refractivity contribution in [3.05, 3.63) is 46.4 Å². The van der Waals surface area contributed by atoms with Crippen LogP contribution in [0, 0.1) is 20.8 Å². The third-order valence-corrected chi connectivity index (χ3v) is 4.66. The number of pyridine rings is 1. The number of aryl methyl sites for hydroxylation is 3. The number of nitrogens with zero attached hydrogens (tertiary/aromatic N) is 3. The molecule has 0 saturated carbocycles. The van der Waals surface area contributed by atoms with Gasteiger partial charge in [-0.05, 0) is 43.5 Å². The van der Waals surface area contributed by atoms with E-state index in [2.05, 4.69) is 41.0 Å². The van der Waals surface area contributed by atoms with E-state index in [0.29, 0.717) is 0 Å². The molecule has 4 nitrogen and oxygen atoms in total. The van der Waals surface area contributed by atoms with Crippen molar-refractivity contribution < 1.29 is 0 Å². The molecule has 3 heterocycles. The van der Waals surface area contributed by atoms with E-state index >= 15 is 0 Å². The fourth-order valence-corrected chi connectivity index (χ4v) is 3.19. The van der Waals surface area contributed by atoms with E-state index in [1.54, 1.807) is 17.7 Å². The lowest BCUT2D eigenvalue weighted by Crippen LogP contribution is -2.04. The number of anilines is 1. The summed E-state index contributed by atoms with van der Waals surface area (Å²) >= 11 is 1.72. The van der Waals surface area contributed by atoms with Gasteiger partial charge >= 0.3 is 0 Å². The van der Waals surface area contributed by atoms with Crippen LogP contribution in [0.4, 0.5) is 5.82 Å². The molecule has 0 saturated heterocycles. The van der Waals surface area contributed by atoms with Crippen molar-refractivity contribution in [1.29, 1.82) is 0 Å². The molecule has 3 rings (SSSR count). The molecule has 20 heavy (non-hydrogen) atoms. The molecule has 0 aliphatic carbocycles. The van der Waals surface area contributed by atoms with Crippen LogP contribution in [0.15, 0.2) is 24.8 Å². The molecule has 0 bridgehead atoms. The van der Waals surface area contributed by atoms with Crippen molar-refractivity contribution in [2.75, 3.05) is 5.32 Å². The summed E-state index contributed by atoms with van der Waals surface area (Å²) in [5.74, 6) is 0.910. The van der Waals surface area contributed by atoms with E-state index < -0.39 is 0 Å². The van der Waals surface area contributed by atoms with Crippen molar-refractivity contribution >= 4 is 27.4 Å². The van der Waals surface area contributed by atoms with Gasteiger partial charge in [0.25, 0.3) is 0 Å². The third kappa shape index (κ3) is 2.25. The van der Waals surface area contributed by atoms with E-state index in [1.807, 2.05) is 18.5 Å². The van der Waals surface area contributed by atoms with E-state index in [0.717, 1.165) is 22.6 Å². The molecule has 0 unspecified atom stereocenters. The van der Waals surface area contributed by atoms with Crippen molar-refractivity contribution in [3.8, 4) is 0 Å². The highest BCUT2D eigenvalue weighted by molar-refractivity contribution is 7.18. The molecule has 0 amide bonds. The Hall–Kier alpha value is -2.01. The number of nitrogens with one attached hydrogen (secondary N) is 1. The van der Waals surface area contributed by atoms with Crippen LogP contribution in [0.2, 0.25) is 0 Å². The summed E-state index contributed by atoms with van der Waals surface area (Å²) in [4.78, 5) is 15.2. The Bertz CT molecular complexity index is 764. The Morgan fingerprint density at radius 1 is 1.20 bits per heavy atom. The van der Waals surface area contributed by atoms with Gasteiger partial charge in [0.1, 0.15) is 17.0 Å². The Labute approximate surface area is 121 Å². The molecule has 0 atom stereocenters. The lowest BCUT2D eigenvalue weighted by molar-refractivity contribution is 1.07. The van der Waals surface area contributed by atoms with Gasteiger partial charge < -0.3 is 5.32 Å². The van der Waals surface area contributed by atoms with Crippen molar-refractivity contribution in [2.45, 2.75) is 27.3 Å². The van der Waals surface area contributed by atoms with Gasteiger partial charge in [-0.15, -0.1) is 11.3 Å². The summed E-state index contributed by atoms with van der Waals surface area (Å²) < 4.78 is 0. The van der Waals surface area contributed by atoms with Crippen LogP contribution in [0.25, 0.3) is 10.2 Å². The fraction of sp³-hybridized carbons (Fsp3) is 0.267. The smallest absolute Gasteiger partial charge is 0.138 e. The van der Waals surface area contributed by atoms with E-state index in [1.165, 1.54) is 21.6 Å². The first-order valence-corrected chi connectivity index (χ1v) is 7.32. The zero-order valence-corrected chi connectivity index (χ0v) is 12.6. The van der Waals surface area contributed by atoms with Gasteiger partial charge in [0.15, 0.2) is 0 Å². The molecule has 0 spiro atoms. The summed E-state index contributed by atoms with van der Waals surface area (Å²) in [6.07, 6.45) is 5.32. The van der Waals surface area contributed by atoms with Crippen molar-refractivity contribution in [1.82, 2.24) is 15.0 Å². The quantitative estimate of drug-likeness (QED) is 0.798. The van der Waals surface area contributed by atoms with Gasteiger partial charge in [0.2, 0.25) is 0 Å². The topological polar surface area (TPSA) is 50.7 Å². The minimum atomic E-state index is 0.745. The van der Waals surface area contributed by atoms with Crippen molar-refractivity contribution in [2.24, 2.45) is 0 Å². The number of thiophene rings is 1. The molecule has 0 aliphatic rings. The second-order valence-electron chi connectivity index (χ2n) is 4.84. The molecule has 0 aliphatic heterocycles. The SMILES string of the molecule is Cc1cnccc1CNc1ncnc2sc(C)c(C)c12. The molecular weight excluding hydrogens is 268 g/mol. The molecule has 1 N–H and O–H groups in total. The van der Waals surface area contributed by atoms with Crippen LogP contribution < -0.4 is 5.32 Å². The van der Waals surface area contributed by atoms with Gasteiger partial charge in [-0.25, -0.2) is 9.97 Å². The number of aromatic nitrogens is 3. The fourth-order valence-electron chi connectivity index (χ4n) is 2.20. The second kappa shape index (κ2) is 5.17. The maximum absolute atomic E-state index is 4.39. The Morgan fingerprint density at radius 3 is 2.85 bits per heavy atom. The highest BCUT2D eigenvalue weighted by Crippen LogP contribution is 2.32.